The van der Waals surface area contributed by atoms with E-state index in [0.29, 0.717) is 32.2 Å². The molecule has 0 aromatic heterocycles. The third-order valence-electron chi connectivity index (χ3n) is 7.70. The molecule has 1 N–H and O–H groups in total. The largest absolute Gasteiger partial charge is 0.466 e. The molecule has 0 amide bonds. The zero-order valence-corrected chi connectivity index (χ0v) is 27.1. The molecule has 238 valence electrons. The molecule has 0 bridgehead atoms. The Hall–Kier alpha value is -1.14. The fourth-order valence-electron chi connectivity index (χ4n) is 5.17. The second-order valence-corrected chi connectivity index (χ2v) is 12.1. The molecule has 0 unspecified atom stereocenters. The van der Waals surface area contributed by atoms with Crippen molar-refractivity contribution >= 4 is 11.9 Å². The number of aliphatic hydroxyl groups is 1. The maximum Gasteiger partial charge on any atom is 0.307 e. The van der Waals surface area contributed by atoms with Crippen LogP contribution in [-0.2, 0) is 19.1 Å². The van der Waals surface area contributed by atoms with Crippen LogP contribution in [0.1, 0.15) is 163 Å². The van der Waals surface area contributed by atoms with E-state index in [0.717, 1.165) is 32.1 Å². The van der Waals surface area contributed by atoms with Crippen molar-refractivity contribution in [2.45, 2.75) is 169 Å². The van der Waals surface area contributed by atoms with E-state index < -0.39 is 0 Å². The van der Waals surface area contributed by atoms with Crippen molar-refractivity contribution in [2.24, 2.45) is 5.92 Å². The molecule has 0 aliphatic carbocycles. The molecule has 0 rings (SSSR count). The summed E-state index contributed by atoms with van der Waals surface area (Å²) in [5.74, 6) is 0.0225. The van der Waals surface area contributed by atoms with Crippen molar-refractivity contribution in [1.29, 1.82) is 0 Å². The number of esters is 2. The smallest absolute Gasteiger partial charge is 0.307 e. The number of hydrogen-bond donors (Lipinski definition) is 1. The second kappa shape index (κ2) is 29.4. The highest BCUT2D eigenvalue weighted by Crippen LogP contribution is 2.14. The highest BCUT2D eigenvalue weighted by molar-refractivity contribution is 5.70. The SMILES string of the molecule is CCCCCCCCCCCOC(=O)CCN(CCC(=O)OCCCCCCCCCCC)[C@H](CO)CC(C)C. The second-order valence-electron chi connectivity index (χ2n) is 12.1. The van der Waals surface area contributed by atoms with Gasteiger partial charge in [0, 0.05) is 19.1 Å². The molecule has 1 atom stereocenters. The van der Waals surface area contributed by atoms with Crippen LogP contribution in [0.2, 0.25) is 0 Å². The van der Waals surface area contributed by atoms with Crippen LogP contribution in [0.4, 0.5) is 0 Å². The van der Waals surface area contributed by atoms with Crippen LogP contribution in [0.3, 0.4) is 0 Å². The molecular formula is C34H67NO5. The van der Waals surface area contributed by atoms with Crippen molar-refractivity contribution in [2.75, 3.05) is 32.9 Å². The summed E-state index contributed by atoms with van der Waals surface area (Å²) in [6, 6.07) is -0.0738. The van der Waals surface area contributed by atoms with E-state index in [2.05, 4.69) is 32.6 Å². The minimum absolute atomic E-state index is 0.0131. The molecule has 6 heteroatoms. The molecule has 0 aliphatic heterocycles. The molecule has 0 fully saturated rings. The first-order valence-electron chi connectivity index (χ1n) is 17.1. The lowest BCUT2D eigenvalue weighted by Gasteiger charge is -2.31. The Balaban J connectivity index is 4.18. The van der Waals surface area contributed by atoms with E-state index in [1.165, 1.54) is 89.9 Å². The summed E-state index contributed by atoms with van der Waals surface area (Å²) in [7, 11) is 0. The van der Waals surface area contributed by atoms with Gasteiger partial charge in [0.25, 0.3) is 0 Å². The molecule has 40 heavy (non-hydrogen) atoms. The Kier molecular flexibility index (Phi) is 28.5. The van der Waals surface area contributed by atoms with Gasteiger partial charge in [-0.3, -0.25) is 14.5 Å². The van der Waals surface area contributed by atoms with E-state index >= 15 is 0 Å². The zero-order chi connectivity index (χ0) is 29.7. The predicted octanol–water partition coefficient (Wildman–Crippen LogP) is 8.62. The van der Waals surface area contributed by atoms with E-state index in [1.807, 2.05) is 0 Å². The minimum Gasteiger partial charge on any atom is -0.466 e. The third-order valence-corrected chi connectivity index (χ3v) is 7.70. The number of rotatable bonds is 30. The van der Waals surface area contributed by atoms with Crippen molar-refractivity contribution in [3.63, 3.8) is 0 Å². The van der Waals surface area contributed by atoms with Gasteiger partial charge in [-0.1, -0.05) is 130 Å². The number of ether oxygens (including phenoxy) is 2. The summed E-state index contributed by atoms with van der Waals surface area (Å²) >= 11 is 0. The summed E-state index contributed by atoms with van der Waals surface area (Å²) < 4.78 is 10.9. The highest BCUT2D eigenvalue weighted by Gasteiger charge is 2.21. The average Bonchev–Trinajstić information content (AvgIpc) is 2.93. The molecule has 0 aromatic carbocycles. The van der Waals surface area contributed by atoms with E-state index in [1.54, 1.807) is 0 Å². The highest BCUT2D eigenvalue weighted by atomic mass is 16.5. The van der Waals surface area contributed by atoms with Gasteiger partial charge >= 0.3 is 11.9 Å². The minimum atomic E-state index is -0.196. The van der Waals surface area contributed by atoms with Crippen LogP contribution >= 0.6 is 0 Å². The van der Waals surface area contributed by atoms with Crippen molar-refractivity contribution in [1.82, 2.24) is 4.90 Å². The Labute approximate surface area is 248 Å². The lowest BCUT2D eigenvalue weighted by Crippen LogP contribution is -2.41. The van der Waals surface area contributed by atoms with Crippen LogP contribution in [0, 0.1) is 5.92 Å². The van der Waals surface area contributed by atoms with E-state index in [-0.39, 0.29) is 37.4 Å². The van der Waals surface area contributed by atoms with Gasteiger partial charge in [-0.15, -0.1) is 0 Å². The number of aliphatic hydroxyl groups excluding tert-OH is 1. The lowest BCUT2D eigenvalue weighted by atomic mass is 10.0. The Morgan fingerprint density at radius 1 is 0.600 bits per heavy atom. The van der Waals surface area contributed by atoms with Crippen molar-refractivity contribution < 1.29 is 24.2 Å². The fourth-order valence-corrected chi connectivity index (χ4v) is 5.17. The first kappa shape index (κ1) is 38.9. The van der Waals surface area contributed by atoms with E-state index in [9.17, 15) is 14.7 Å². The first-order valence-corrected chi connectivity index (χ1v) is 17.1. The molecule has 0 spiro atoms. The van der Waals surface area contributed by atoms with Gasteiger partial charge < -0.3 is 14.6 Å². The summed E-state index contributed by atoms with van der Waals surface area (Å²) in [5, 5.41) is 10.0. The fraction of sp³-hybridized carbons (Fsp3) is 0.941. The number of unbranched alkanes of at least 4 members (excludes halogenated alkanes) is 16. The van der Waals surface area contributed by atoms with Gasteiger partial charge in [0.15, 0.2) is 0 Å². The van der Waals surface area contributed by atoms with Crippen LogP contribution in [0.15, 0.2) is 0 Å². The maximum absolute atomic E-state index is 12.4. The van der Waals surface area contributed by atoms with Gasteiger partial charge in [-0.05, 0) is 25.2 Å². The van der Waals surface area contributed by atoms with Crippen LogP contribution in [0.25, 0.3) is 0 Å². The molecule has 0 radical (unpaired) electrons. The monoisotopic (exact) mass is 570 g/mol. The molecule has 0 saturated heterocycles. The van der Waals surface area contributed by atoms with E-state index in [4.69, 9.17) is 9.47 Å². The van der Waals surface area contributed by atoms with Crippen molar-refractivity contribution in [3.8, 4) is 0 Å². The molecule has 0 aliphatic rings. The molecule has 6 nitrogen and oxygen atoms in total. The summed E-state index contributed by atoms with van der Waals surface area (Å²) in [4.78, 5) is 26.8. The Bertz CT molecular complexity index is 529. The maximum atomic E-state index is 12.4. The van der Waals surface area contributed by atoms with Crippen LogP contribution in [-0.4, -0.2) is 60.9 Å². The normalized spacial score (nSPS) is 12.3. The topological polar surface area (TPSA) is 76.1 Å². The number of carbonyl (C=O) groups excluding carboxylic acids is 2. The molecular weight excluding hydrogens is 502 g/mol. The van der Waals surface area contributed by atoms with Gasteiger partial charge in [-0.25, -0.2) is 0 Å². The molecule has 0 heterocycles. The number of nitrogens with zero attached hydrogens (tertiary/aromatic N) is 1. The Morgan fingerprint density at radius 2 is 0.950 bits per heavy atom. The van der Waals surface area contributed by atoms with Crippen LogP contribution < -0.4 is 0 Å². The summed E-state index contributed by atoms with van der Waals surface area (Å²) in [6.45, 7) is 10.7. The number of carbonyl (C=O) groups is 2. The molecule has 0 aromatic rings. The summed E-state index contributed by atoms with van der Waals surface area (Å²) in [6.07, 6.45) is 23.6. The Morgan fingerprint density at radius 3 is 1.27 bits per heavy atom. The standard InChI is InChI=1S/C34H67NO5/c1-5-7-9-11-13-15-17-19-21-27-39-33(37)23-25-35(32(30-36)29-31(3)4)26-24-34(38)40-28-22-20-18-16-14-12-10-8-6-2/h31-32,36H,5-30H2,1-4H3/t32-/m0/s1. The summed E-state index contributed by atoms with van der Waals surface area (Å²) in [5.41, 5.74) is 0. The van der Waals surface area contributed by atoms with Gasteiger partial charge in [0.1, 0.15) is 0 Å². The average molecular weight is 570 g/mol. The van der Waals surface area contributed by atoms with Gasteiger partial charge in [0.05, 0.1) is 32.7 Å². The number of hydrogen-bond acceptors (Lipinski definition) is 6. The zero-order valence-electron chi connectivity index (χ0n) is 27.1. The molecule has 0 saturated carbocycles. The quantitative estimate of drug-likeness (QED) is 0.0689. The first-order chi connectivity index (χ1) is 19.4. The van der Waals surface area contributed by atoms with Crippen molar-refractivity contribution in [3.05, 3.63) is 0 Å². The third kappa shape index (κ3) is 25.8. The van der Waals surface area contributed by atoms with Gasteiger partial charge in [-0.2, -0.15) is 0 Å². The lowest BCUT2D eigenvalue weighted by molar-refractivity contribution is -0.144. The van der Waals surface area contributed by atoms with Gasteiger partial charge in [0.2, 0.25) is 0 Å². The predicted molar refractivity (Wildman–Crippen MR) is 168 cm³/mol. The van der Waals surface area contributed by atoms with Crippen LogP contribution in [0.5, 0.6) is 0 Å².